The van der Waals surface area contributed by atoms with E-state index in [0.29, 0.717) is 0 Å². The van der Waals surface area contributed by atoms with Gasteiger partial charge in [0.15, 0.2) is 0 Å². The average Bonchev–Trinajstić information content (AvgIpc) is 3.04. The number of carbonyl (C=O) groups is 1. The van der Waals surface area contributed by atoms with Gasteiger partial charge < -0.3 is 10.0 Å². The molecule has 20 heavy (non-hydrogen) atoms. The first-order valence-corrected chi connectivity index (χ1v) is 7.41. The molecule has 0 spiro atoms. The van der Waals surface area contributed by atoms with E-state index >= 15 is 0 Å². The number of nitrogens with zero attached hydrogens (tertiary/aromatic N) is 1. The predicted octanol–water partition coefficient (Wildman–Crippen LogP) is 1.50. The molecule has 2 N–H and O–H groups in total. The molecule has 1 amide bonds. The first kappa shape index (κ1) is 15.0. The molecule has 0 unspecified atom stereocenters. The lowest BCUT2D eigenvalue weighted by molar-refractivity contribution is -0.129. The number of hydrogen-bond acceptors (Lipinski definition) is 3. The summed E-state index contributed by atoms with van der Waals surface area (Å²) in [6.45, 7) is 4.02. The molecule has 1 fully saturated rings. The molecular formula is C16H24N2O2. The van der Waals surface area contributed by atoms with Crippen LogP contribution in [0.1, 0.15) is 31.7 Å². The standard InChI is InChI=1S/C16H24N2O2/c1-2-16(13-19,14-8-4-3-5-9-14)17-12-15(20)18-10-6-7-11-18/h3-5,8-9,17,19H,2,6-7,10-13H2,1H3/t16-/m0/s1. The maximum Gasteiger partial charge on any atom is 0.236 e. The van der Waals surface area contributed by atoms with Crippen LogP contribution in [0.25, 0.3) is 0 Å². The minimum atomic E-state index is -0.531. The SMILES string of the molecule is CC[C@@](CO)(NCC(=O)N1CCCC1)c1ccccc1. The molecule has 1 aromatic carbocycles. The van der Waals surface area contributed by atoms with E-state index in [2.05, 4.69) is 5.32 Å². The summed E-state index contributed by atoms with van der Waals surface area (Å²) in [6.07, 6.45) is 2.94. The minimum absolute atomic E-state index is 0.0131. The Labute approximate surface area is 120 Å². The van der Waals surface area contributed by atoms with Crippen LogP contribution in [0.4, 0.5) is 0 Å². The van der Waals surface area contributed by atoms with Crippen molar-refractivity contribution < 1.29 is 9.90 Å². The molecule has 1 atom stereocenters. The first-order chi connectivity index (χ1) is 9.72. The largest absolute Gasteiger partial charge is 0.394 e. The first-order valence-electron chi connectivity index (χ1n) is 7.41. The summed E-state index contributed by atoms with van der Waals surface area (Å²) < 4.78 is 0. The number of likely N-dealkylation sites (tertiary alicyclic amines) is 1. The molecule has 1 aliphatic rings. The van der Waals surface area contributed by atoms with Crippen LogP contribution in [-0.2, 0) is 10.3 Å². The van der Waals surface area contributed by atoms with Gasteiger partial charge in [0.05, 0.1) is 18.7 Å². The Hall–Kier alpha value is -1.39. The summed E-state index contributed by atoms with van der Waals surface area (Å²) >= 11 is 0. The Bertz CT molecular complexity index is 423. The van der Waals surface area contributed by atoms with Crippen LogP contribution in [0.15, 0.2) is 30.3 Å². The lowest BCUT2D eigenvalue weighted by atomic mass is 9.88. The number of nitrogens with one attached hydrogen (secondary N) is 1. The van der Waals surface area contributed by atoms with Crippen molar-refractivity contribution in [2.24, 2.45) is 0 Å². The zero-order valence-corrected chi connectivity index (χ0v) is 12.1. The molecule has 0 aliphatic carbocycles. The van der Waals surface area contributed by atoms with Gasteiger partial charge in [-0.25, -0.2) is 0 Å². The Kier molecular flexibility index (Phi) is 5.15. The van der Waals surface area contributed by atoms with Crippen molar-refractivity contribution in [3.05, 3.63) is 35.9 Å². The third kappa shape index (κ3) is 3.19. The maximum absolute atomic E-state index is 12.1. The molecule has 0 bridgehead atoms. The number of hydrogen-bond donors (Lipinski definition) is 2. The predicted molar refractivity (Wildman–Crippen MR) is 79.3 cm³/mol. The average molecular weight is 276 g/mol. The molecule has 0 saturated carbocycles. The molecule has 2 rings (SSSR count). The van der Waals surface area contributed by atoms with Crippen LogP contribution in [0, 0.1) is 0 Å². The lowest BCUT2D eigenvalue weighted by Gasteiger charge is -2.33. The van der Waals surface area contributed by atoms with Crippen molar-refractivity contribution in [2.45, 2.75) is 31.7 Å². The van der Waals surface area contributed by atoms with Gasteiger partial charge in [-0.2, -0.15) is 0 Å². The Morgan fingerprint density at radius 3 is 2.50 bits per heavy atom. The molecule has 0 radical (unpaired) electrons. The fourth-order valence-electron chi connectivity index (χ4n) is 2.77. The minimum Gasteiger partial charge on any atom is -0.394 e. The molecule has 110 valence electrons. The molecule has 4 heteroatoms. The van der Waals surface area contributed by atoms with Crippen LogP contribution in [0.5, 0.6) is 0 Å². The molecule has 4 nitrogen and oxygen atoms in total. The van der Waals surface area contributed by atoms with Gasteiger partial charge in [0.1, 0.15) is 0 Å². The highest BCUT2D eigenvalue weighted by Gasteiger charge is 2.30. The number of benzene rings is 1. The number of carbonyl (C=O) groups excluding carboxylic acids is 1. The molecular weight excluding hydrogens is 252 g/mol. The van der Waals surface area contributed by atoms with E-state index in [4.69, 9.17) is 0 Å². The maximum atomic E-state index is 12.1. The van der Waals surface area contributed by atoms with Gasteiger partial charge >= 0.3 is 0 Å². The quantitative estimate of drug-likeness (QED) is 0.828. The normalized spacial score (nSPS) is 18.0. The van der Waals surface area contributed by atoms with Crippen molar-refractivity contribution >= 4 is 5.91 Å². The third-order valence-electron chi connectivity index (χ3n) is 4.24. The van der Waals surface area contributed by atoms with Crippen LogP contribution in [0.2, 0.25) is 0 Å². The van der Waals surface area contributed by atoms with Crippen molar-refractivity contribution in [3.8, 4) is 0 Å². The second-order valence-corrected chi connectivity index (χ2v) is 5.40. The van der Waals surface area contributed by atoms with Crippen molar-refractivity contribution in [1.29, 1.82) is 0 Å². The Morgan fingerprint density at radius 2 is 1.95 bits per heavy atom. The summed E-state index contributed by atoms with van der Waals surface area (Å²) in [4.78, 5) is 14.0. The van der Waals surface area contributed by atoms with Crippen molar-refractivity contribution in [1.82, 2.24) is 10.2 Å². The van der Waals surface area contributed by atoms with E-state index in [9.17, 15) is 9.90 Å². The summed E-state index contributed by atoms with van der Waals surface area (Å²) in [5.74, 6) is 0.129. The summed E-state index contributed by atoms with van der Waals surface area (Å²) in [5, 5.41) is 13.1. The Morgan fingerprint density at radius 1 is 1.30 bits per heavy atom. The van der Waals surface area contributed by atoms with Gasteiger partial charge in [0, 0.05) is 13.1 Å². The van der Waals surface area contributed by atoms with Gasteiger partial charge in [-0.15, -0.1) is 0 Å². The third-order valence-corrected chi connectivity index (χ3v) is 4.24. The van der Waals surface area contributed by atoms with Crippen LogP contribution < -0.4 is 5.32 Å². The van der Waals surface area contributed by atoms with E-state index in [1.165, 1.54) is 0 Å². The fraction of sp³-hybridized carbons (Fsp3) is 0.562. The van der Waals surface area contributed by atoms with E-state index < -0.39 is 5.54 Å². The van der Waals surface area contributed by atoms with Gasteiger partial charge in [-0.05, 0) is 24.8 Å². The second-order valence-electron chi connectivity index (χ2n) is 5.40. The van der Waals surface area contributed by atoms with Crippen molar-refractivity contribution in [2.75, 3.05) is 26.2 Å². The van der Waals surface area contributed by atoms with Crippen LogP contribution in [-0.4, -0.2) is 42.2 Å². The van der Waals surface area contributed by atoms with Gasteiger partial charge in [-0.1, -0.05) is 37.3 Å². The summed E-state index contributed by atoms with van der Waals surface area (Å²) in [5.41, 5.74) is 0.496. The molecule has 0 aromatic heterocycles. The Balaban J connectivity index is 2.04. The van der Waals surface area contributed by atoms with Crippen LogP contribution in [0.3, 0.4) is 0 Å². The van der Waals surface area contributed by atoms with Gasteiger partial charge in [0.25, 0.3) is 0 Å². The highest BCUT2D eigenvalue weighted by molar-refractivity contribution is 5.78. The van der Waals surface area contributed by atoms with E-state index in [-0.39, 0.29) is 19.1 Å². The number of rotatable bonds is 6. The smallest absolute Gasteiger partial charge is 0.236 e. The second kappa shape index (κ2) is 6.86. The van der Waals surface area contributed by atoms with Gasteiger partial charge in [-0.3, -0.25) is 10.1 Å². The van der Waals surface area contributed by atoms with Crippen LogP contribution >= 0.6 is 0 Å². The van der Waals surface area contributed by atoms with E-state index in [0.717, 1.165) is 37.9 Å². The molecule has 1 heterocycles. The highest BCUT2D eigenvalue weighted by Crippen LogP contribution is 2.24. The monoisotopic (exact) mass is 276 g/mol. The van der Waals surface area contributed by atoms with E-state index in [1.807, 2.05) is 42.2 Å². The summed E-state index contributed by atoms with van der Waals surface area (Å²) in [6, 6.07) is 9.86. The fourth-order valence-corrected chi connectivity index (χ4v) is 2.77. The van der Waals surface area contributed by atoms with E-state index in [1.54, 1.807) is 0 Å². The molecule has 1 aliphatic heterocycles. The molecule has 1 saturated heterocycles. The number of aliphatic hydroxyl groups is 1. The number of aliphatic hydroxyl groups excluding tert-OH is 1. The zero-order chi connectivity index (χ0) is 14.4. The topological polar surface area (TPSA) is 52.6 Å². The molecule has 1 aromatic rings. The summed E-state index contributed by atoms with van der Waals surface area (Å²) in [7, 11) is 0. The van der Waals surface area contributed by atoms with Crippen molar-refractivity contribution in [3.63, 3.8) is 0 Å². The number of amides is 1. The van der Waals surface area contributed by atoms with Gasteiger partial charge in [0.2, 0.25) is 5.91 Å². The zero-order valence-electron chi connectivity index (χ0n) is 12.1. The highest BCUT2D eigenvalue weighted by atomic mass is 16.3. The lowest BCUT2D eigenvalue weighted by Crippen LogP contribution is -2.49.